The van der Waals surface area contributed by atoms with E-state index < -0.39 is 0 Å². The van der Waals surface area contributed by atoms with Crippen molar-refractivity contribution in [2.75, 3.05) is 16.4 Å². The first-order valence-corrected chi connectivity index (χ1v) is 12.2. The average Bonchev–Trinajstić information content (AvgIpc) is 3.25. The van der Waals surface area contributed by atoms with E-state index >= 15 is 0 Å². The van der Waals surface area contributed by atoms with Crippen molar-refractivity contribution in [3.8, 4) is 17.1 Å². The van der Waals surface area contributed by atoms with Gasteiger partial charge in [0.05, 0.1) is 11.4 Å². The number of nitrogens with zero attached hydrogens (tertiary/aromatic N) is 3. The first-order chi connectivity index (χ1) is 16.8. The lowest BCUT2D eigenvalue weighted by Gasteiger charge is -2.12. The molecule has 35 heavy (non-hydrogen) atoms. The van der Waals surface area contributed by atoms with Gasteiger partial charge in [-0.25, -0.2) is 0 Å². The normalized spacial score (nSPS) is 10.7. The van der Waals surface area contributed by atoms with E-state index in [9.17, 15) is 9.59 Å². The highest BCUT2D eigenvalue weighted by Gasteiger charge is 2.18. The fourth-order valence-electron chi connectivity index (χ4n) is 3.52. The van der Waals surface area contributed by atoms with E-state index in [1.54, 1.807) is 24.3 Å². The molecule has 0 aliphatic rings. The van der Waals surface area contributed by atoms with Gasteiger partial charge in [-0.2, -0.15) is 0 Å². The molecule has 3 aromatic carbocycles. The minimum absolute atomic E-state index is 0.143. The molecule has 0 bridgehead atoms. The van der Waals surface area contributed by atoms with Gasteiger partial charge < -0.3 is 10.6 Å². The molecule has 7 nitrogen and oxygen atoms in total. The molecule has 0 atom stereocenters. The van der Waals surface area contributed by atoms with Gasteiger partial charge >= 0.3 is 0 Å². The summed E-state index contributed by atoms with van der Waals surface area (Å²) in [5.74, 6) is 0.597. The first-order valence-electron chi connectivity index (χ1n) is 11.2. The van der Waals surface area contributed by atoms with Crippen LogP contribution in [0.2, 0.25) is 0 Å². The molecule has 2 N–H and O–H groups in total. The predicted octanol–water partition coefficient (Wildman–Crippen LogP) is 5.55. The minimum atomic E-state index is -0.159. The van der Waals surface area contributed by atoms with E-state index in [2.05, 4.69) is 46.8 Å². The van der Waals surface area contributed by atoms with E-state index in [4.69, 9.17) is 0 Å². The molecule has 1 aromatic heterocycles. The molecule has 2 amide bonds. The first kappa shape index (κ1) is 24.2. The number of thioether (sulfide) groups is 1. The topological polar surface area (TPSA) is 88.9 Å². The lowest BCUT2D eigenvalue weighted by atomic mass is 10.1. The molecule has 0 aliphatic carbocycles. The number of benzene rings is 3. The zero-order valence-electron chi connectivity index (χ0n) is 20.1. The Morgan fingerprint density at radius 1 is 0.829 bits per heavy atom. The number of anilines is 2. The van der Waals surface area contributed by atoms with Gasteiger partial charge in [0.25, 0.3) is 0 Å². The second kappa shape index (κ2) is 10.6. The summed E-state index contributed by atoms with van der Waals surface area (Å²) >= 11 is 1.33. The van der Waals surface area contributed by atoms with E-state index in [1.165, 1.54) is 35.4 Å². The number of carbonyl (C=O) groups is 2. The number of amides is 2. The Morgan fingerprint density at radius 3 is 2.11 bits per heavy atom. The van der Waals surface area contributed by atoms with Crippen LogP contribution in [0.4, 0.5) is 11.4 Å². The van der Waals surface area contributed by atoms with E-state index in [1.807, 2.05) is 41.8 Å². The molecule has 0 unspecified atom stereocenters. The van der Waals surface area contributed by atoms with Crippen LogP contribution in [0.15, 0.2) is 71.9 Å². The van der Waals surface area contributed by atoms with Crippen LogP contribution in [0, 0.1) is 20.8 Å². The van der Waals surface area contributed by atoms with Crippen LogP contribution in [-0.4, -0.2) is 32.3 Å². The van der Waals surface area contributed by atoms with Crippen LogP contribution < -0.4 is 10.6 Å². The number of aromatic nitrogens is 3. The summed E-state index contributed by atoms with van der Waals surface area (Å²) < 4.78 is 2.00. The molecule has 4 rings (SSSR count). The van der Waals surface area contributed by atoms with Gasteiger partial charge in [0.15, 0.2) is 11.0 Å². The number of hydrogen-bond donors (Lipinski definition) is 2. The minimum Gasteiger partial charge on any atom is -0.326 e. The molecule has 0 fully saturated rings. The fourth-order valence-corrected chi connectivity index (χ4v) is 4.27. The molecular weight excluding hydrogens is 458 g/mol. The monoisotopic (exact) mass is 485 g/mol. The van der Waals surface area contributed by atoms with Gasteiger partial charge in [0, 0.05) is 23.9 Å². The van der Waals surface area contributed by atoms with Crippen LogP contribution in [0.25, 0.3) is 17.1 Å². The Labute approximate surface area is 209 Å². The Kier molecular flexibility index (Phi) is 7.31. The van der Waals surface area contributed by atoms with E-state index in [0.717, 1.165) is 17.1 Å². The molecule has 0 radical (unpaired) electrons. The van der Waals surface area contributed by atoms with Gasteiger partial charge in [-0.05, 0) is 68.3 Å². The summed E-state index contributed by atoms with van der Waals surface area (Å²) in [5.41, 5.74) is 6.78. The van der Waals surface area contributed by atoms with Crippen molar-refractivity contribution in [1.82, 2.24) is 14.8 Å². The third kappa shape index (κ3) is 5.96. The third-order valence-electron chi connectivity index (χ3n) is 5.51. The molecule has 0 saturated carbocycles. The second-order valence-corrected chi connectivity index (χ2v) is 9.31. The van der Waals surface area contributed by atoms with Crippen LogP contribution >= 0.6 is 11.8 Å². The number of hydrogen-bond acceptors (Lipinski definition) is 5. The summed E-state index contributed by atoms with van der Waals surface area (Å²) in [4.78, 5) is 23.8. The van der Waals surface area contributed by atoms with Crippen molar-refractivity contribution >= 4 is 35.0 Å². The molecule has 0 saturated heterocycles. The quantitative estimate of drug-likeness (QED) is 0.335. The molecular formula is C27H27N5O2S. The average molecular weight is 486 g/mol. The molecule has 0 aliphatic heterocycles. The summed E-state index contributed by atoms with van der Waals surface area (Å²) in [6, 6.07) is 21.4. The van der Waals surface area contributed by atoms with Crippen molar-refractivity contribution in [1.29, 1.82) is 0 Å². The molecule has 1 heterocycles. The van der Waals surface area contributed by atoms with Gasteiger partial charge in [-0.15, -0.1) is 10.2 Å². The van der Waals surface area contributed by atoms with Crippen LogP contribution in [-0.2, 0) is 9.59 Å². The highest BCUT2D eigenvalue weighted by molar-refractivity contribution is 7.99. The Morgan fingerprint density at radius 2 is 1.49 bits per heavy atom. The van der Waals surface area contributed by atoms with Crippen molar-refractivity contribution < 1.29 is 9.59 Å². The summed E-state index contributed by atoms with van der Waals surface area (Å²) in [6.07, 6.45) is 0. The number of aryl methyl sites for hydroxylation is 3. The van der Waals surface area contributed by atoms with Crippen molar-refractivity contribution in [3.05, 3.63) is 83.4 Å². The number of nitrogens with one attached hydrogen (secondary N) is 2. The molecule has 178 valence electrons. The predicted molar refractivity (Wildman–Crippen MR) is 141 cm³/mol. The van der Waals surface area contributed by atoms with Gasteiger partial charge in [0.1, 0.15) is 0 Å². The maximum atomic E-state index is 12.7. The van der Waals surface area contributed by atoms with Gasteiger partial charge in [-0.3, -0.25) is 14.2 Å². The number of carbonyl (C=O) groups excluding carboxylic acids is 2. The van der Waals surface area contributed by atoms with Gasteiger partial charge in [-0.1, -0.05) is 47.7 Å². The van der Waals surface area contributed by atoms with Gasteiger partial charge in [0.2, 0.25) is 11.8 Å². The Balaban J connectivity index is 1.55. The SMILES string of the molecule is CC(=O)Nc1ccc(NC(=O)CSc2nnc(-c3ccc(C)cc3)n2-c2ccc(C)c(C)c2)cc1. The highest BCUT2D eigenvalue weighted by atomic mass is 32.2. The molecule has 4 aromatic rings. The number of rotatable bonds is 7. The lowest BCUT2D eigenvalue weighted by molar-refractivity contribution is -0.114. The largest absolute Gasteiger partial charge is 0.326 e. The zero-order chi connectivity index (χ0) is 24.9. The third-order valence-corrected chi connectivity index (χ3v) is 6.44. The maximum Gasteiger partial charge on any atom is 0.234 e. The summed E-state index contributed by atoms with van der Waals surface area (Å²) in [7, 11) is 0. The van der Waals surface area contributed by atoms with Crippen LogP contribution in [0.1, 0.15) is 23.6 Å². The summed E-state index contributed by atoms with van der Waals surface area (Å²) in [6.45, 7) is 7.65. The smallest absolute Gasteiger partial charge is 0.234 e. The standard InChI is InChI=1S/C27H27N5O2S/c1-17-5-8-21(9-6-17)26-30-31-27(32(26)24-14-7-18(2)19(3)15-24)35-16-25(34)29-23-12-10-22(11-13-23)28-20(4)33/h5-15H,16H2,1-4H3,(H,28,33)(H,29,34). The Hall–Kier alpha value is -3.91. The lowest BCUT2D eigenvalue weighted by Crippen LogP contribution is -2.14. The second-order valence-electron chi connectivity index (χ2n) is 8.37. The molecule has 8 heteroatoms. The summed E-state index contributed by atoms with van der Waals surface area (Å²) in [5, 5.41) is 15.1. The van der Waals surface area contributed by atoms with Crippen molar-refractivity contribution in [2.45, 2.75) is 32.9 Å². The zero-order valence-corrected chi connectivity index (χ0v) is 20.9. The van der Waals surface area contributed by atoms with Crippen molar-refractivity contribution in [2.24, 2.45) is 0 Å². The van der Waals surface area contributed by atoms with E-state index in [-0.39, 0.29) is 17.6 Å². The van der Waals surface area contributed by atoms with Crippen molar-refractivity contribution in [3.63, 3.8) is 0 Å². The van der Waals surface area contributed by atoms with Crippen LogP contribution in [0.5, 0.6) is 0 Å². The Bertz CT molecular complexity index is 1360. The van der Waals surface area contributed by atoms with E-state index in [0.29, 0.717) is 16.5 Å². The maximum absolute atomic E-state index is 12.7. The van der Waals surface area contributed by atoms with Crippen LogP contribution in [0.3, 0.4) is 0 Å². The molecule has 0 spiro atoms. The highest BCUT2D eigenvalue weighted by Crippen LogP contribution is 2.29. The fraction of sp³-hybridized carbons (Fsp3) is 0.185.